The lowest BCUT2D eigenvalue weighted by molar-refractivity contribution is 0.698. The number of aryl methyl sites for hydroxylation is 1. The summed E-state index contributed by atoms with van der Waals surface area (Å²) in [6, 6.07) is 14.3. The first kappa shape index (κ1) is 18.1. The third-order valence-corrected chi connectivity index (χ3v) is 5.80. The van der Waals surface area contributed by atoms with Gasteiger partial charge in [-0.1, -0.05) is 39.4 Å². The molecule has 0 saturated carbocycles. The van der Waals surface area contributed by atoms with E-state index in [2.05, 4.69) is 59.8 Å². The number of hydrogen-bond donors (Lipinski definition) is 3. The Labute approximate surface area is 169 Å². The number of nitrogens with zero attached hydrogens (tertiary/aromatic N) is 3. The van der Waals surface area contributed by atoms with Crippen molar-refractivity contribution in [2.45, 2.75) is 19.4 Å². The van der Waals surface area contributed by atoms with Crippen LogP contribution in [-0.2, 0) is 6.42 Å². The van der Waals surface area contributed by atoms with E-state index in [0.29, 0.717) is 6.54 Å². The Bertz CT molecular complexity index is 1060. The van der Waals surface area contributed by atoms with E-state index in [-0.39, 0.29) is 6.04 Å². The highest BCUT2D eigenvalue weighted by Crippen LogP contribution is 2.29. The van der Waals surface area contributed by atoms with Crippen LogP contribution in [0.2, 0.25) is 0 Å². The summed E-state index contributed by atoms with van der Waals surface area (Å²) in [6.07, 6.45) is 0.808. The molecule has 4 N–H and O–H groups in total. The maximum Gasteiger partial charge on any atom is 0.206 e. The average Bonchev–Trinajstić information content (AvgIpc) is 3.29. The van der Waals surface area contributed by atoms with Gasteiger partial charge in [0.1, 0.15) is 5.01 Å². The first-order valence-corrected chi connectivity index (χ1v) is 10.2. The number of benzene rings is 2. The van der Waals surface area contributed by atoms with Gasteiger partial charge in [-0.15, -0.1) is 10.2 Å². The Kier molecular flexibility index (Phi) is 5.20. The highest BCUT2D eigenvalue weighted by Gasteiger charge is 2.11. The summed E-state index contributed by atoms with van der Waals surface area (Å²) in [5.74, 6) is 0. The zero-order chi connectivity index (χ0) is 18.8. The zero-order valence-corrected chi connectivity index (χ0v) is 17.1. The van der Waals surface area contributed by atoms with Gasteiger partial charge in [-0.05, 0) is 49.2 Å². The number of rotatable bonds is 6. The predicted molar refractivity (Wildman–Crippen MR) is 114 cm³/mol. The van der Waals surface area contributed by atoms with Crippen LogP contribution < -0.4 is 11.1 Å². The van der Waals surface area contributed by atoms with Crippen LogP contribution in [0.15, 0.2) is 46.9 Å². The number of nitrogens with two attached hydrogens (primary N) is 1. The van der Waals surface area contributed by atoms with E-state index >= 15 is 0 Å². The lowest BCUT2D eigenvalue weighted by Gasteiger charge is -2.12. The molecule has 0 unspecified atom stereocenters. The van der Waals surface area contributed by atoms with Crippen LogP contribution in [0.5, 0.6) is 0 Å². The highest BCUT2D eigenvalue weighted by atomic mass is 79.9. The molecule has 4 rings (SSSR count). The van der Waals surface area contributed by atoms with Crippen molar-refractivity contribution >= 4 is 43.3 Å². The van der Waals surface area contributed by atoms with Crippen LogP contribution >= 0.6 is 27.3 Å². The second-order valence-electron chi connectivity index (χ2n) is 6.46. The summed E-state index contributed by atoms with van der Waals surface area (Å²) >= 11 is 4.97. The van der Waals surface area contributed by atoms with Crippen LogP contribution in [0, 0.1) is 6.92 Å². The van der Waals surface area contributed by atoms with Crippen molar-refractivity contribution in [2.75, 3.05) is 11.9 Å². The molecule has 6 nitrogen and oxygen atoms in total. The molecule has 2 aromatic carbocycles. The Morgan fingerprint density at radius 1 is 1.19 bits per heavy atom. The van der Waals surface area contributed by atoms with Crippen molar-refractivity contribution in [2.24, 2.45) is 5.73 Å². The molecular formula is C19H19BrN6S. The molecule has 4 aromatic rings. The smallest absolute Gasteiger partial charge is 0.206 e. The van der Waals surface area contributed by atoms with Crippen LogP contribution in [0.1, 0.15) is 11.3 Å². The average molecular weight is 443 g/mol. The minimum absolute atomic E-state index is 0.00320. The van der Waals surface area contributed by atoms with E-state index in [9.17, 15) is 0 Å². The molecule has 2 aromatic heterocycles. The third-order valence-electron chi connectivity index (χ3n) is 4.34. The SMILES string of the molecule is Cc1[nH]nc2ccc(-c3nnc(NC[C@H](N)Cc4ccc(Br)cc4)s3)cc12. The van der Waals surface area contributed by atoms with Crippen LogP contribution in [-0.4, -0.2) is 33.0 Å². The first-order chi connectivity index (χ1) is 13.1. The quantitative estimate of drug-likeness (QED) is 0.417. The summed E-state index contributed by atoms with van der Waals surface area (Å²) in [7, 11) is 0. The summed E-state index contributed by atoms with van der Waals surface area (Å²) in [5, 5.41) is 21.9. The van der Waals surface area contributed by atoms with Crippen molar-refractivity contribution in [1.82, 2.24) is 20.4 Å². The minimum Gasteiger partial charge on any atom is -0.359 e. The third kappa shape index (κ3) is 4.18. The normalized spacial score (nSPS) is 12.4. The lowest BCUT2D eigenvalue weighted by atomic mass is 10.1. The largest absolute Gasteiger partial charge is 0.359 e. The Morgan fingerprint density at radius 2 is 2.00 bits per heavy atom. The number of hydrogen-bond acceptors (Lipinski definition) is 6. The number of anilines is 1. The molecule has 0 saturated heterocycles. The van der Waals surface area contributed by atoms with Gasteiger partial charge in [0.15, 0.2) is 0 Å². The molecule has 0 spiro atoms. The summed E-state index contributed by atoms with van der Waals surface area (Å²) in [6.45, 7) is 2.66. The van der Waals surface area contributed by atoms with Gasteiger partial charge in [-0.2, -0.15) is 5.10 Å². The van der Waals surface area contributed by atoms with E-state index in [1.807, 2.05) is 31.2 Å². The maximum atomic E-state index is 6.25. The number of H-pyrrole nitrogens is 1. The second kappa shape index (κ2) is 7.75. The fourth-order valence-electron chi connectivity index (χ4n) is 2.90. The van der Waals surface area contributed by atoms with Crippen molar-refractivity contribution in [3.63, 3.8) is 0 Å². The fourth-order valence-corrected chi connectivity index (χ4v) is 3.91. The number of aromatic nitrogens is 4. The Balaban J connectivity index is 1.40. The standard InChI is InChI=1S/C19H19BrN6S/c1-11-16-9-13(4-7-17(16)24-23-11)18-25-26-19(27-18)22-10-15(21)8-12-2-5-14(20)6-3-12/h2-7,9,15H,8,10,21H2,1H3,(H,22,26)(H,23,24)/t15-/m1/s1. The fraction of sp³-hybridized carbons (Fsp3) is 0.211. The zero-order valence-electron chi connectivity index (χ0n) is 14.7. The highest BCUT2D eigenvalue weighted by molar-refractivity contribution is 9.10. The summed E-state index contributed by atoms with van der Waals surface area (Å²) < 4.78 is 1.07. The van der Waals surface area contributed by atoms with Gasteiger partial charge < -0.3 is 11.1 Å². The predicted octanol–water partition coefficient (Wildman–Crippen LogP) is 4.13. The van der Waals surface area contributed by atoms with Crippen molar-refractivity contribution in [3.05, 3.63) is 58.2 Å². The van der Waals surface area contributed by atoms with Gasteiger partial charge >= 0.3 is 0 Å². The molecule has 0 radical (unpaired) electrons. The van der Waals surface area contributed by atoms with Gasteiger partial charge in [-0.3, -0.25) is 5.10 Å². The monoisotopic (exact) mass is 442 g/mol. The maximum absolute atomic E-state index is 6.25. The molecule has 27 heavy (non-hydrogen) atoms. The number of aromatic amines is 1. The van der Waals surface area contributed by atoms with Crippen LogP contribution in [0.4, 0.5) is 5.13 Å². The number of nitrogens with one attached hydrogen (secondary N) is 2. The molecule has 138 valence electrons. The number of halogens is 1. The van der Waals surface area contributed by atoms with Gasteiger partial charge in [0.05, 0.1) is 5.52 Å². The van der Waals surface area contributed by atoms with Gasteiger partial charge in [0.2, 0.25) is 5.13 Å². The van der Waals surface area contributed by atoms with Gasteiger partial charge in [0, 0.05) is 33.7 Å². The summed E-state index contributed by atoms with van der Waals surface area (Å²) in [5.41, 5.74) is 10.5. The van der Waals surface area contributed by atoms with E-state index in [4.69, 9.17) is 5.73 Å². The molecule has 0 aliphatic rings. The Hall–Kier alpha value is -2.29. The van der Waals surface area contributed by atoms with Crippen molar-refractivity contribution in [1.29, 1.82) is 0 Å². The van der Waals surface area contributed by atoms with E-state index in [0.717, 1.165) is 43.2 Å². The first-order valence-electron chi connectivity index (χ1n) is 8.61. The molecule has 0 aliphatic carbocycles. The van der Waals surface area contributed by atoms with E-state index < -0.39 is 0 Å². The molecule has 8 heteroatoms. The van der Waals surface area contributed by atoms with Crippen molar-refractivity contribution < 1.29 is 0 Å². The topological polar surface area (TPSA) is 92.5 Å². The molecule has 0 fully saturated rings. The molecule has 2 heterocycles. The van der Waals surface area contributed by atoms with Gasteiger partial charge in [-0.25, -0.2) is 0 Å². The van der Waals surface area contributed by atoms with E-state index in [1.54, 1.807) is 0 Å². The molecular weight excluding hydrogens is 424 g/mol. The molecule has 0 amide bonds. The van der Waals surface area contributed by atoms with Crippen molar-refractivity contribution in [3.8, 4) is 10.6 Å². The Morgan fingerprint density at radius 3 is 2.81 bits per heavy atom. The summed E-state index contributed by atoms with van der Waals surface area (Å²) in [4.78, 5) is 0. The van der Waals surface area contributed by atoms with Gasteiger partial charge in [0.25, 0.3) is 0 Å². The minimum atomic E-state index is 0.00320. The van der Waals surface area contributed by atoms with Crippen LogP contribution in [0.3, 0.4) is 0 Å². The molecule has 0 bridgehead atoms. The molecule has 0 aliphatic heterocycles. The second-order valence-corrected chi connectivity index (χ2v) is 8.36. The molecule has 1 atom stereocenters. The number of fused-ring (bicyclic) bond motifs is 1. The lowest BCUT2D eigenvalue weighted by Crippen LogP contribution is -2.31. The van der Waals surface area contributed by atoms with E-state index in [1.165, 1.54) is 16.9 Å². The van der Waals surface area contributed by atoms with Crippen LogP contribution in [0.25, 0.3) is 21.5 Å².